The minimum Gasteiger partial charge on any atom is -0.394 e. The Hall–Kier alpha value is -1.63. The van der Waals surface area contributed by atoms with Crippen LogP contribution in [0, 0.1) is 0 Å². The molecule has 0 spiro atoms. The number of benzene rings is 1. The number of rotatable bonds is 3. The molecule has 104 valence electrons. The van der Waals surface area contributed by atoms with Gasteiger partial charge >= 0.3 is 6.03 Å². The third-order valence-corrected chi connectivity index (χ3v) is 3.14. The molecular formula is C13H19N3O3. The van der Waals surface area contributed by atoms with Crippen LogP contribution in [0.1, 0.15) is 5.56 Å². The average molecular weight is 265 g/mol. The van der Waals surface area contributed by atoms with Crippen LogP contribution in [0.3, 0.4) is 0 Å². The summed E-state index contributed by atoms with van der Waals surface area (Å²) in [6, 6.07) is 6.87. The van der Waals surface area contributed by atoms with E-state index in [-0.39, 0.29) is 18.7 Å². The van der Waals surface area contributed by atoms with Gasteiger partial charge in [0.1, 0.15) is 0 Å². The maximum absolute atomic E-state index is 12.1. The Kier molecular flexibility index (Phi) is 4.73. The molecule has 2 amide bonds. The van der Waals surface area contributed by atoms with Crippen molar-refractivity contribution in [3.63, 3.8) is 0 Å². The summed E-state index contributed by atoms with van der Waals surface area (Å²) < 4.78 is 5.24. The van der Waals surface area contributed by atoms with Crippen LogP contribution in [-0.2, 0) is 11.3 Å². The molecule has 1 atom stereocenters. The number of carbonyl (C=O) groups excluding carboxylic acids is 1. The molecule has 0 bridgehead atoms. The first-order valence-corrected chi connectivity index (χ1v) is 6.30. The zero-order chi connectivity index (χ0) is 13.7. The highest BCUT2D eigenvalue weighted by atomic mass is 16.5. The molecule has 19 heavy (non-hydrogen) atoms. The molecule has 1 aromatic carbocycles. The highest BCUT2D eigenvalue weighted by Gasteiger charge is 2.26. The van der Waals surface area contributed by atoms with Crippen molar-refractivity contribution in [2.75, 3.05) is 31.7 Å². The fraction of sp³-hybridized carbons (Fsp3) is 0.462. The van der Waals surface area contributed by atoms with E-state index in [2.05, 4.69) is 5.32 Å². The van der Waals surface area contributed by atoms with Crippen molar-refractivity contribution in [1.29, 1.82) is 0 Å². The van der Waals surface area contributed by atoms with Crippen molar-refractivity contribution in [2.45, 2.75) is 12.6 Å². The van der Waals surface area contributed by atoms with Crippen molar-refractivity contribution in [2.24, 2.45) is 5.73 Å². The van der Waals surface area contributed by atoms with Gasteiger partial charge in [0.15, 0.2) is 0 Å². The lowest BCUT2D eigenvalue weighted by Gasteiger charge is -2.34. The van der Waals surface area contributed by atoms with Crippen LogP contribution in [0.2, 0.25) is 0 Å². The van der Waals surface area contributed by atoms with Gasteiger partial charge in [0.25, 0.3) is 0 Å². The first-order valence-electron chi connectivity index (χ1n) is 6.30. The number of nitrogens with two attached hydrogens (primary N) is 1. The van der Waals surface area contributed by atoms with Gasteiger partial charge in [-0.3, -0.25) is 0 Å². The number of aliphatic hydroxyl groups is 1. The number of hydrogen-bond acceptors (Lipinski definition) is 4. The third kappa shape index (κ3) is 3.44. The molecule has 0 radical (unpaired) electrons. The molecule has 4 N–H and O–H groups in total. The van der Waals surface area contributed by atoms with Gasteiger partial charge in [0.05, 0.1) is 25.9 Å². The van der Waals surface area contributed by atoms with Crippen LogP contribution >= 0.6 is 0 Å². The fourth-order valence-electron chi connectivity index (χ4n) is 1.99. The Bertz CT molecular complexity index is 422. The summed E-state index contributed by atoms with van der Waals surface area (Å²) in [5, 5.41) is 12.0. The standard InChI is InChI=1S/C13H19N3O3/c14-7-10-1-3-11(4-2-10)15-13(18)16-5-6-19-9-12(16)8-17/h1-4,12,17H,5-9,14H2,(H,15,18). The van der Waals surface area contributed by atoms with Gasteiger partial charge in [-0.2, -0.15) is 0 Å². The lowest BCUT2D eigenvalue weighted by atomic mass is 10.2. The molecule has 1 aliphatic heterocycles. The Balaban J connectivity index is 1.98. The van der Waals surface area contributed by atoms with Gasteiger partial charge in [-0.25, -0.2) is 4.79 Å². The quantitative estimate of drug-likeness (QED) is 0.737. The van der Waals surface area contributed by atoms with Crippen molar-refractivity contribution in [3.8, 4) is 0 Å². The number of urea groups is 1. The topological polar surface area (TPSA) is 87.8 Å². The third-order valence-electron chi connectivity index (χ3n) is 3.14. The van der Waals surface area contributed by atoms with Crippen LogP contribution in [0.5, 0.6) is 0 Å². The van der Waals surface area contributed by atoms with Crippen LogP contribution in [0.15, 0.2) is 24.3 Å². The molecule has 1 fully saturated rings. The Morgan fingerprint density at radius 1 is 1.47 bits per heavy atom. The van der Waals surface area contributed by atoms with E-state index < -0.39 is 0 Å². The van der Waals surface area contributed by atoms with Crippen molar-refractivity contribution in [1.82, 2.24) is 4.90 Å². The average Bonchev–Trinajstić information content (AvgIpc) is 2.48. The van der Waals surface area contributed by atoms with Gasteiger partial charge < -0.3 is 25.8 Å². The van der Waals surface area contributed by atoms with Crippen molar-refractivity contribution >= 4 is 11.7 Å². The van der Waals surface area contributed by atoms with E-state index in [1.807, 2.05) is 24.3 Å². The predicted octanol–water partition coefficient (Wildman–Crippen LogP) is 0.370. The fourth-order valence-corrected chi connectivity index (χ4v) is 1.99. The van der Waals surface area contributed by atoms with Crippen LogP contribution in [0.4, 0.5) is 10.5 Å². The number of morpholine rings is 1. The molecular weight excluding hydrogens is 246 g/mol. The largest absolute Gasteiger partial charge is 0.394 e. The van der Waals surface area contributed by atoms with Crippen LogP contribution in [0.25, 0.3) is 0 Å². The van der Waals surface area contributed by atoms with E-state index in [9.17, 15) is 9.90 Å². The summed E-state index contributed by atoms with van der Waals surface area (Å²) in [6.07, 6.45) is 0. The SMILES string of the molecule is NCc1ccc(NC(=O)N2CCOCC2CO)cc1. The second-order valence-corrected chi connectivity index (χ2v) is 4.44. The lowest BCUT2D eigenvalue weighted by Crippen LogP contribution is -2.52. The Labute approximate surface area is 112 Å². The molecule has 0 aliphatic carbocycles. The maximum atomic E-state index is 12.1. The molecule has 1 heterocycles. The normalized spacial score (nSPS) is 19.3. The maximum Gasteiger partial charge on any atom is 0.322 e. The van der Waals surface area contributed by atoms with Gasteiger partial charge in [0.2, 0.25) is 0 Å². The van der Waals surface area contributed by atoms with Gasteiger partial charge in [-0.05, 0) is 17.7 Å². The number of aliphatic hydroxyl groups excluding tert-OH is 1. The van der Waals surface area contributed by atoms with E-state index >= 15 is 0 Å². The number of hydrogen-bond donors (Lipinski definition) is 3. The number of amides is 2. The van der Waals surface area contributed by atoms with E-state index in [1.54, 1.807) is 4.90 Å². The van der Waals surface area contributed by atoms with E-state index in [0.717, 1.165) is 5.56 Å². The monoisotopic (exact) mass is 265 g/mol. The van der Waals surface area contributed by atoms with Crippen LogP contribution < -0.4 is 11.1 Å². The molecule has 0 aromatic heterocycles. The summed E-state index contributed by atoms with van der Waals surface area (Å²) in [4.78, 5) is 13.7. The van der Waals surface area contributed by atoms with E-state index in [1.165, 1.54) is 0 Å². The predicted molar refractivity (Wildman–Crippen MR) is 71.8 cm³/mol. The minimum atomic E-state index is -0.280. The minimum absolute atomic E-state index is 0.0977. The number of ether oxygens (including phenoxy) is 1. The highest BCUT2D eigenvalue weighted by molar-refractivity contribution is 5.89. The van der Waals surface area contributed by atoms with E-state index in [4.69, 9.17) is 10.5 Å². The first kappa shape index (κ1) is 13.8. The molecule has 6 nitrogen and oxygen atoms in total. The molecule has 1 aromatic rings. The summed E-state index contributed by atoms with van der Waals surface area (Å²) in [6.45, 7) is 1.73. The summed E-state index contributed by atoms with van der Waals surface area (Å²) in [5.41, 5.74) is 7.24. The number of anilines is 1. The molecule has 2 rings (SSSR count). The summed E-state index contributed by atoms with van der Waals surface area (Å²) in [7, 11) is 0. The second-order valence-electron chi connectivity index (χ2n) is 4.44. The Morgan fingerprint density at radius 2 is 2.21 bits per heavy atom. The molecule has 1 saturated heterocycles. The molecule has 1 unspecified atom stereocenters. The van der Waals surface area contributed by atoms with Gasteiger partial charge in [-0.15, -0.1) is 0 Å². The van der Waals surface area contributed by atoms with Gasteiger partial charge in [-0.1, -0.05) is 12.1 Å². The second kappa shape index (κ2) is 6.51. The number of nitrogens with zero attached hydrogens (tertiary/aromatic N) is 1. The summed E-state index contributed by atoms with van der Waals surface area (Å²) in [5.74, 6) is 0. The zero-order valence-corrected chi connectivity index (χ0v) is 10.7. The molecule has 1 aliphatic rings. The first-order chi connectivity index (χ1) is 9.24. The number of carbonyl (C=O) groups is 1. The van der Waals surface area contributed by atoms with Crippen molar-refractivity contribution < 1.29 is 14.6 Å². The highest BCUT2D eigenvalue weighted by Crippen LogP contribution is 2.13. The van der Waals surface area contributed by atoms with E-state index in [0.29, 0.717) is 32.0 Å². The number of nitrogens with one attached hydrogen (secondary N) is 1. The zero-order valence-electron chi connectivity index (χ0n) is 10.7. The Morgan fingerprint density at radius 3 is 2.84 bits per heavy atom. The molecule has 0 saturated carbocycles. The molecule has 6 heteroatoms. The lowest BCUT2D eigenvalue weighted by molar-refractivity contribution is -0.00485. The summed E-state index contributed by atoms with van der Waals surface area (Å²) >= 11 is 0. The smallest absolute Gasteiger partial charge is 0.322 e. The van der Waals surface area contributed by atoms with Crippen LogP contribution in [-0.4, -0.2) is 48.4 Å². The van der Waals surface area contributed by atoms with Crippen molar-refractivity contribution in [3.05, 3.63) is 29.8 Å². The van der Waals surface area contributed by atoms with Gasteiger partial charge in [0, 0.05) is 18.8 Å².